The van der Waals surface area contributed by atoms with E-state index >= 15 is 0 Å². The molecule has 0 saturated carbocycles. The average molecular weight is 497 g/mol. The summed E-state index contributed by atoms with van der Waals surface area (Å²) < 4.78 is 27.3. The van der Waals surface area contributed by atoms with E-state index in [4.69, 9.17) is 23.7 Å². The molecule has 0 aliphatic rings. The second-order valence-corrected chi connectivity index (χ2v) is 7.54. The highest BCUT2D eigenvalue weighted by atomic mass is 16.6. The van der Waals surface area contributed by atoms with Crippen LogP contribution in [0.25, 0.3) is 6.08 Å². The molecule has 3 N–H and O–H groups in total. The summed E-state index contributed by atoms with van der Waals surface area (Å²) in [5.41, 5.74) is 1.01. The minimum absolute atomic E-state index is 0.0298. The minimum Gasteiger partial charge on any atom is -0.504 e. The summed E-state index contributed by atoms with van der Waals surface area (Å²) in [5, 5.41) is 29.9. The molecule has 0 aliphatic carbocycles. The first-order chi connectivity index (χ1) is 17.4. The van der Waals surface area contributed by atoms with Crippen molar-refractivity contribution in [3.05, 3.63) is 77.9 Å². The molecule has 190 valence electrons. The van der Waals surface area contributed by atoms with Crippen LogP contribution in [0.5, 0.6) is 34.5 Å². The Hall–Kier alpha value is -4.37. The number of para-hydroxylation sites is 2. The predicted octanol–water partition coefficient (Wildman–Crippen LogP) is 3.86. The highest BCUT2D eigenvalue weighted by Gasteiger charge is 2.30. The van der Waals surface area contributed by atoms with Crippen molar-refractivity contribution >= 4 is 12.0 Å². The first-order valence-corrected chi connectivity index (χ1v) is 10.9. The van der Waals surface area contributed by atoms with Gasteiger partial charge in [0, 0.05) is 11.6 Å². The summed E-state index contributed by atoms with van der Waals surface area (Å²) in [4.78, 5) is 12.8. The number of phenolic OH excluding ortho intramolecular Hbond substituents is 2. The highest BCUT2D eigenvalue weighted by Crippen LogP contribution is 2.35. The number of aliphatic hydroxyl groups excluding tert-OH is 1. The fourth-order valence-corrected chi connectivity index (χ4v) is 3.43. The molecule has 9 heteroatoms. The van der Waals surface area contributed by atoms with Gasteiger partial charge >= 0.3 is 5.97 Å². The Morgan fingerprint density at radius 1 is 0.833 bits per heavy atom. The van der Waals surface area contributed by atoms with Crippen molar-refractivity contribution in [3.63, 3.8) is 0 Å². The third-order valence-corrected chi connectivity index (χ3v) is 5.26. The third kappa shape index (κ3) is 6.39. The van der Waals surface area contributed by atoms with Crippen LogP contribution in [0.3, 0.4) is 0 Å². The molecule has 0 bridgehead atoms. The van der Waals surface area contributed by atoms with Gasteiger partial charge in [-0.25, -0.2) is 4.79 Å². The third-order valence-electron chi connectivity index (χ3n) is 5.26. The van der Waals surface area contributed by atoms with Gasteiger partial charge in [-0.2, -0.15) is 0 Å². The molecule has 36 heavy (non-hydrogen) atoms. The number of ether oxygens (including phenoxy) is 5. The van der Waals surface area contributed by atoms with Gasteiger partial charge in [0.05, 0.1) is 27.9 Å². The zero-order valence-electron chi connectivity index (χ0n) is 20.1. The van der Waals surface area contributed by atoms with Crippen molar-refractivity contribution < 1.29 is 43.8 Å². The Balaban J connectivity index is 1.91. The number of hydrogen-bond acceptors (Lipinski definition) is 9. The highest BCUT2D eigenvalue weighted by molar-refractivity contribution is 5.87. The van der Waals surface area contributed by atoms with E-state index in [9.17, 15) is 20.1 Å². The number of hydrogen-bond donors (Lipinski definition) is 3. The second-order valence-electron chi connectivity index (χ2n) is 7.54. The van der Waals surface area contributed by atoms with E-state index in [0.29, 0.717) is 22.6 Å². The van der Waals surface area contributed by atoms with E-state index in [-0.39, 0.29) is 23.0 Å². The van der Waals surface area contributed by atoms with Crippen LogP contribution in [0.4, 0.5) is 0 Å². The van der Waals surface area contributed by atoms with E-state index in [1.165, 1.54) is 51.7 Å². The van der Waals surface area contributed by atoms with Crippen molar-refractivity contribution in [1.29, 1.82) is 0 Å². The molecular weight excluding hydrogens is 468 g/mol. The van der Waals surface area contributed by atoms with Crippen molar-refractivity contribution in [3.8, 4) is 34.5 Å². The van der Waals surface area contributed by atoms with Crippen LogP contribution in [-0.4, -0.2) is 55.3 Å². The van der Waals surface area contributed by atoms with Gasteiger partial charge in [0.25, 0.3) is 0 Å². The van der Waals surface area contributed by atoms with Gasteiger partial charge in [-0.3, -0.25) is 0 Å². The monoisotopic (exact) mass is 496 g/mol. The Labute approximate surface area is 208 Å². The predicted molar refractivity (Wildman–Crippen MR) is 132 cm³/mol. The Bertz CT molecular complexity index is 1210. The van der Waals surface area contributed by atoms with E-state index in [0.717, 1.165) is 0 Å². The molecule has 0 amide bonds. The first-order valence-electron chi connectivity index (χ1n) is 10.9. The van der Waals surface area contributed by atoms with Crippen molar-refractivity contribution in [2.45, 2.75) is 12.2 Å². The molecule has 3 aromatic carbocycles. The maximum absolute atomic E-state index is 12.8. The Morgan fingerprint density at radius 2 is 1.44 bits per heavy atom. The molecule has 0 radical (unpaired) electrons. The lowest BCUT2D eigenvalue weighted by Gasteiger charge is -2.27. The lowest BCUT2D eigenvalue weighted by molar-refractivity contribution is -0.149. The van der Waals surface area contributed by atoms with E-state index < -0.39 is 24.8 Å². The molecule has 3 aromatic rings. The summed E-state index contributed by atoms with van der Waals surface area (Å²) in [7, 11) is 4.30. The quantitative estimate of drug-likeness (QED) is 0.268. The lowest BCUT2D eigenvalue weighted by Crippen LogP contribution is -2.32. The molecule has 0 aromatic heterocycles. The van der Waals surface area contributed by atoms with E-state index in [2.05, 4.69) is 0 Å². The van der Waals surface area contributed by atoms with Gasteiger partial charge in [-0.05, 0) is 48.0 Å². The fourth-order valence-electron chi connectivity index (χ4n) is 3.43. The summed E-state index contributed by atoms with van der Waals surface area (Å²) in [5.74, 6) is 0.347. The van der Waals surface area contributed by atoms with Crippen LogP contribution in [0, 0.1) is 0 Å². The van der Waals surface area contributed by atoms with Crippen LogP contribution in [0.2, 0.25) is 0 Å². The van der Waals surface area contributed by atoms with Gasteiger partial charge in [0.1, 0.15) is 0 Å². The van der Waals surface area contributed by atoms with E-state index in [1.54, 1.807) is 42.5 Å². The number of carbonyl (C=O) groups excluding carboxylic acids is 1. The van der Waals surface area contributed by atoms with E-state index in [1.807, 2.05) is 0 Å². The van der Waals surface area contributed by atoms with Gasteiger partial charge in [-0.15, -0.1) is 0 Å². The number of methoxy groups -OCH3 is 3. The molecule has 3 rings (SSSR count). The molecule has 0 aliphatic heterocycles. The molecule has 0 unspecified atom stereocenters. The number of esters is 1. The fraction of sp³-hybridized carbons (Fsp3) is 0.222. The summed E-state index contributed by atoms with van der Waals surface area (Å²) in [6, 6.07) is 15.9. The smallest absolute Gasteiger partial charge is 0.331 e. The second kappa shape index (κ2) is 12.4. The molecule has 0 saturated heterocycles. The maximum Gasteiger partial charge on any atom is 0.331 e. The van der Waals surface area contributed by atoms with Gasteiger partial charge in [0.15, 0.2) is 46.7 Å². The number of aliphatic hydroxyl groups is 1. The molecule has 0 heterocycles. The Kier molecular flexibility index (Phi) is 9.01. The summed E-state index contributed by atoms with van der Waals surface area (Å²) >= 11 is 0. The number of rotatable bonds is 11. The van der Waals surface area contributed by atoms with Crippen LogP contribution in [-0.2, 0) is 9.53 Å². The van der Waals surface area contributed by atoms with Gasteiger partial charge in [0.2, 0.25) is 0 Å². The SMILES string of the molecule is COc1cc(/C=C/C(=O)O[C@H](c2ccc(O)c(OC)c2)[C@H](CO)Oc2ccccc2OC)ccc1O. The largest absolute Gasteiger partial charge is 0.504 e. The maximum atomic E-state index is 12.8. The van der Waals surface area contributed by atoms with Crippen LogP contribution >= 0.6 is 0 Å². The average Bonchev–Trinajstić information content (AvgIpc) is 2.90. The zero-order chi connectivity index (χ0) is 26.1. The number of carbonyl (C=O) groups is 1. The van der Waals surface area contributed by atoms with Crippen molar-refractivity contribution in [2.24, 2.45) is 0 Å². The van der Waals surface area contributed by atoms with Crippen molar-refractivity contribution in [2.75, 3.05) is 27.9 Å². The van der Waals surface area contributed by atoms with Gasteiger partial charge in [-0.1, -0.05) is 24.3 Å². The standard InChI is InChI=1S/C27H28O9/c1-32-21-6-4-5-7-22(21)35-25(16-28)27(18-10-12-20(30)24(15-18)34-3)36-26(31)13-9-17-8-11-19(29)23(14-17)33-2/h4-15,25,27-30H,16H2,1-3H3/b13-9+/t25-,27+/m0/s1. The molecule has 0 spiro atoms. The number of aromatic hydroxyl groups is 2. The van der Waals surface area contributed by atoms with Crippen LogP contribution in [0.1, 0.15) is 17.2 Å². The molecule has 0 fully saturated rings. The van der Waals surface area contributed by atoms with Crippen LogP contribution < -0.4 is 18.9 Å². The van der Waals surface area contributed by atoms with Crippen molar-refractivity contribution in [1.82, 2.24) is 0 Å². The normalized spacial score (nSPS) is 12.6. The lowest BCUT2D eigenvalue weighted by atomic mass is 10.0. The Morgan fingerprint density at radius 3 is 2.08 bits per heavy atom. The molecular formula is C27H28O9. The summed E-state index contributed by atoms with van der Waals surface area (Å²) in [6.45, 7) is -0.502. The number of benzene rings is 3. The summed E-state index contributed by atoms with van der Waals surface area (Å²) in [6.07, 6.45) is 0.588. The minimum atomic E-state index is -1.08. The first kappa shape index (κ1) is 26.2. The van der Waals surface area contributed by atoms with Crippen LogP contribution in [0.15, 0.2) is 66.7 Å². The topological polar surface area (TPSA) is 124 Å². The molecule has 9 nitrogen and oxygen atoms in total. The molecule has 2 atom stereocenters. The number of phenols is 2. The van der Waals surface area contributed by atoms with Gasteiger partial charge < -0.3 is 39.0 Å². The zero-order valence-corrected chi connectivity index (χ0v) is 20.1.